The van der Waals surface area contributed by atoms with Crippen LogP contribution in [0.1, 0.15) is 20.7 Å². The lowest BCUT2D eigenvalue weighted by molar-refractivity contribution is -0.399. The van der Waals surface area contributed by atoms with Crippen LogP contribution in [-0.2, 0) is 9.47 Å². The van der Waals surface area contributed by atoms with E-state index in [0.717, 1.165) is 19.2 Å². The summed E-state index contributed by atoms with van der Waals surface area (Å²) in [7, 11) is 2.22. The van der Waals surface area contributed by atoms with E-state index >= 15 is 0 Å². The van der Waals surface area contributed by atoms with Crippen molar-refractivity contribution < 1.29 is 28.9 Å². The maximum Gasteiger partial charge on any atom is 0.339 e. The Labute approximate surface area is 156 Å². The molecule has 11 heteroatoms. The van der Waals surface area contributed by atoms with Crippen LogP contribution in [0.2, 0.25) is 0 Å². The van der Waals surface area contributed by atoms with Crippen molar-refractivity contribution in [3.05, 3.63) is 67.8 Å². The highest BCUT2D eigenvalue weighted by atomic mass is 32.2. The van der Waals surface area contributed by atoms with Gasteiger partial charge in [-0.05, 0) is 12.1 Å². The van der Waals surface area contributed by atoms with Crippen molar-refractivity contribution in [1.82, 2.24) is 0 Å². The van der Waals surface area contributed by atoms with E-state index in [-0.39, 0.29) is 20.9 Å². The van der Waals surface area contributed by atoms with Crippen molar-refractivity contribution in [3.63, 3.8) is 0 Å². The molecule has 27 heavy (non-hydrogen) atoms. The van der Waals surface area contributed by atoms with Crippen LogP contribution in [0, 0.1) is 20.2 Å². The highest BCUT2D eigenvalue weighted by Gasteiger charge is 2.30. The second-order valence-corrected chi connectivity index (χ2v) is 5.99. The van der Waals surface area contributed by atoms with Crippen LogP contribution < -0.4 is 0 Å². The molecular formula is C16H12N2O8S. The molecule has 2 aromatic rings. The zero-order chi connectivity index (χ0) is 20.1. The highest BCUT2D eigenvalue weighted by molar-refractivity contribution is 7.99. The first kappa shape index (κ1) is 19.8. The van der Waals surface area contributed by atoms with E-state index in [1.54, 1.807) is 12.1 Å². The van der Waals surface area contributed by atoms with E-state index < -0.39 is 33.2 Å². The number of nitro benzene ring substituents is 2. The quantitative estimate of drug-likeness (QED) is 0.412. The largest absolute Gasteiger partial charge is 0.465 e. The van der Waals surface area contributed by atoms with Gasteiger partial charge in [0.1, 0.15) is 0 Å². The van der Waals surface area contributed by atoms with Gasteiger partial charge in [-0.15, -0.1) is 0 Å². The molecular weight excluding hydrogens is 380 g/mol. The average Bonchev–Trinajstić information content (AvgIpc) is 2.66. The van der Waals surface area contributed by atoms with E-state index in [0.29, 0.717) is 11.8 Å². The van der Waals surface area contributed by atoms with Gasteiger partial charge in [0, 0.05) is 17.0 Å². The molecule has 0 heterocycles. The van der Waals surface area contributed by atoms with Gasteiger partial charge in [0.2, 0.25) is 0 Å². The van der Waals surface area contributed by atoms with Gasteiger partial charge in [0.25, 0.3) is 11.4 Å². The zero-order valence-corrected chi connectivity index (χ0v) is 14.8. The Kier molecular flexibility index (Phi) is 6.08. The number of carbonyl (C=O) groups is 2. The van der Waals surface area contributed by atoms with E-state index in [1.165, 1.54) is 19.2 Å². The highest BCUT2D eigenvalue weighted by Crippen LogP contribution is 2.43. The van der Waals surface area contributed by atoms with Crippen molar-refractivity contribution in [2.75, 3.05) is 14.2 Å². The third-order valence-electron chi connectivity index (χ3n) is 3.37. The Bertz CT molecular complexity index is 909. The molecule has 0 fully saturated rings. The standard InChI is InChI=1S/C16H12N2O8S/c1-25-15(19)9-7-11(17(21)22)14(12(8-9)18(23)24)27-13-6-4-3-5-10(13)16(20)26-2/h3-8H,1-2H3. The lowest BCUT2D eigenvalue weighted by Crippen LogP contribution is -2.06. The summed E-state index contributed by atoms with van der Waals surface area (Å²) in [6.45, 7) is 0. The predicted molar refractivity (Wildman–Crippen MR) is 93.0 cm³/mol. The molecule has 10 nitrogen and oxygen atoms in total. The topological polar surface area (TPSA) is 139 Å². The van der Waals surface area contributed by atoms with Crippen molar-refractivity contribution in [2.24, 2.45) is 0 Å². The van der Waals surface area contributed by atoms with Crippen molar-refractivity contribution >= 4 is 35.1 Å². The summed E-state index contributed by atoms with van der Waals surface area (Å²) in [4.78, 5) is 44.7. The number of rotatable bonds is 6. The molecule has 0 aliphatic heterocycles. The van der Waals surface area contributed by atoms with E-state index in [1.807, 2.05) is 0 Å². The van der Waals surface area contributed by atoms with Gasteiger partial charge < -0.3 is 9.47 Å². The zero-order valence-electron chi connectivity index (χ0n) is 14.0. The third-order valence-corrected chi connectivity index (χ3v) is 4.57. The molecule has 0 aliphatic rings. The molecule has 140 valence electrons. The predicted octanol–water partition coefficient (Wildman–Crippen LogP) is 3.23. The number of nitrogens with zero attached hydrogens (tertiary/aromatic N) is 2. The Morgan fingerprint density at radius 2 is 1.44 bits per heavy atom. The second-order valence-electron chi connectivity index (χ2n) is 4.94. The molecule has 0 bridgehead atoms. The Morgan fingerprint density at radius 1 is 0.926 bits per heavy atom. The maximum absolute atomic E-state index is 11.9. The first-order valence-corrected chi connectivity index (χ1v) is 8.02. The fraction of sp³-hybridized carbons (Fsp3) is 0.125. The number of hydrogen-bond acceptors (Lipinski definition) is 9. The van der Waals surface area contributed by atoms with Crippen LogP contribution in [0.25, 0.3) is 0 Å². The fourth-order valence-corrected chi connectivity index (χ4v) is 3.26. The monoisotopic (exact) mass is 392 g/mol. The minimum absolute atomic E-state index is 0.0886. The van der Waals surface area contributed by atoms with E-state index in [9.17, 15) is 29.8 Å². The smallest absolute Gasteiger partial charge is 0.339 e. The number of esters is 2. The summed E-state index contributed by atoms with van der Waals surface area (Å²) in [5, 5.41) is 22.9. The average molecular weight is 392 g/mol. The van der Waals surface area contributed by atoms with Gasteiger partial charge >= 0.3 is 11.9 Å². The molecule has 0 amide bonds. The second kappa shape index (κ2) is 8.27. The lowest BCUT2D eigenvalue weighted by atomic mass is 10.1. The summed E-state index contributed by atoms with van der Waals surface area (Å²) >= 11 is 0.660. The molecule has 0 unspecified atom stereocenters. The Balaban J connectivity index is 2.70. The molecule has 0 radical (unpaired) electrons. The number of nitro groups is 2. The minimum Gasteiger partial charge on any atom is -0.465 e. The molecule has 0 spiro atoms. The van der Waals surface area contributed by atoms with Gasteiger partial charge in [-0.3, -0.25) is 20.2 Å². The molecule has 0 saturated heterocycles. The van der Waals surface area contributed by atoms with Crippen molar-refractivity contribution in [3.8, 4) is 0 Å². The van der Waals surface area contributed by atoms with Crippen molar-refractivity contribution in [2.45, 2.75) is 9.79 Å². The van der Waals surface area contributed by atoms with Crippen LogP contribution >= 0.6 is 11.8 Å². The maximum atomic E-state index is 11.9. The van der Waals surface area contributed by atoms with Crippen molar-refractivity contribution in [1.29, 1.82) is 0 Å². The minimum atomic E-state index is -0.951. The van der Waals surface area contributed by atoms with Gasteiger partial charge in [-0.2, -0.15) is 0 Å². The summed E-state index contributed by atoms with van der Waals surface area (Å²) in [5.41, 5.74) is -1.56. The molecule has 0 aromatic heterocycles. The Morgan fingerprint density at radius 3 is 1.93 bits per heavy atom. The summed E-state index contributed by atoms with van der Waals surface area (Å²) < 4.78 is 9.13. The third kappa shape index (κ3) is 4.20. The van der Waals surface area contributed by atoms with Crippen LogP contribution in [0.3, 0.4) is 0 Å². The normalized spacial score (nSPS) is 10.1. The van der Waals surface area contributed by atoms with Gasteiger partial charge in [-0.1, -0.05) is 23.9 Å². The van der Waals surface area contributed by atoms with Crippen LogP contribution in [-0.4, -0.2) is 36.0 Å². The molecule has 0 N–H and O–H groups in total. The van der Waals surface area contributed by atoms with E-state index in [2.05, 4.69) is 9.47 Å². The van der Waals surface area contributed by atoms with Gasteiger partial charge in [-0.25, -0.2) is 9.59 Å². The number of benzene rings is 2. The molecule has 2 rings (SSSR count). The van der Waals surface area contributed by atoms with Gasteiger partial charge in [0.15, 0.2) is 4.90 Å². The first-order chi connectivity index (χ1) is 12.8. The van der Waals surface area contributed by atoms with Crippen LogP contribution in [0.4, 0.5) is 11.4 Å². The van der Waals surface area contributed by atoms with E-state index in [4.69, 9.17) is 0 Å². The number of hydrogen-bond donors (Lipinski definition) is 0. The number of carbonyl (C=O) groups excluding carboxylic acids is 2. The summed E-state index contributed by atoms with van der Waals surface area (Å²) in [5.74, 6) is -1.65. The Hall–Kier alpha value is -3.47. The first-order valence-electron chi connectivity index (χ1n) is 7.20. The summed E-state index contributed by atoms with van der Waals surface area (Å²) in [6, 6.07) is 7.80. The number of methoxy groups -OCH3 is 2. The summed E-state index contributed by atoms with van der Waals surface area (Å²) in [6.07, 6.45) is 0. The lowest BCUT2D eigenvalue weighted by Gasteiger charge is -2.09. The van der Waals surface area contributed by atoms with Crippen LogP contribution in [0.5, 0.6) is 0 Å². The molecule has 0 aliphatic carbocycles. The van der Waals surface area contributed by atoms with Crippen LogP contribution in [0.15, 0.2) is 46.2 Å². The fourth-order valence-electron chi connectivity index (χ4n) is 2.15. The molecule has 0 atom stereocenters. The van der Waals surface area contributed by atoms with Gasteiger partial charge in [0.05, 0.1) is 35.2 Å². The molecule has 2 aromatic carbocycles. The SMILES string of the molecule is COC(=O)c1cc([N+](=O)[O-])c(Sc2ccccc2C(=O)OC)c([N+](=O)[O-])c1. The number of ether oxygens (including phenoxy) is 2. The molecule has 0 saturated carbocycles.